The summed E-state index contributed by atoms with van der Waals surface area (Å²) >= 11 is 1.47. The lowest BCUT2D eigenvalue weighted by Crippen LogP contribution is -2.50. The molecule has 26 heavy (non-hydrogen) atoms. The van der Waals surface area contributed by atoms with E-state index in [-0.39, 0.29) is 12.1 Å². The maximum absolute atomic E-state index is 12.9. The number of anilines is 1. The van der Waals surface area contributed by atoms with Crippen molar-refractivity contribution in [2.45, 2.75) is 19.1 Å². The summed E-state index contributed by atoms with van der Waals surface area (Å²) in [6.07, 6.45) is 1.59. The minimum Gasteiger partial charge on any atom is -0.360 e. The normalized spacial score (nSPS) is 21.0. The Balaban J connectivity index is 1.79. The van der Waals surface area contributed by atoms with E-state index in [0.717, 1.165) is 16.8 Å². The molecule has 0 spiro atoms. The van der Waals surface area contributed by atoms with Crippen LogP contribution in [-0.2, 0) is 4.79 Å². The average molecular weight is 364 g/mol. The standard InChI is InChI=1S/C20H20N4OS/c1-3-12-26-20-22-19(25)17-15-6-4-5-7-16(15)21-18(24(17)23-20)14-10-8-13(2)9-11-14/h3-11,17-18,21H,1,12H2,2H3,(H,22,23,25)/t17-,18-/m1/s1. The molecule has 2 heterocycles. The van der Waals surface area contributed by atoms with Gasteiger partial charge in [-0.3, -0.25) is 9.80 Å². The fraction of sp³-hybridized carbons (Fsp3) is 0.200. The van der Waals surface area contributed by atoms with Gasteiger partial charge in [0, 0.05) is 17.0 Å². The number of para-hydroxylation sites is 1. The largest absolute Gasteiger partial charge is 0.360 e. The molecule has 6 heteroatoms. The molecule has 2 N–H and O–H groups in total. The predicted octanol–water partition coefficient (Wildman–Crippen LogP) is 3.78. The number of fused-ring (bicyclic) bond motifs is 3. The van der Waals surface area contributed by atoms with Gasteiger partial charge >= 0.3 is 0 Å². The molecule has 0 saturated carbocycles. The van der Waals surface area contributed by atoms with E-state index in [2.05, 4.69) is 48.4 Å². The number of rotatable bonds is 3. The molecule has 0 radical (unpaired) electrons. The van der Waals surface area contributed by atoms with Crippen LogP contribution in [0.25, 0.3) is 0 Å². The lowest BCUT2D eigenvalue weighted by Gasteiger charge is -2.43. The molecular formula is C20H20N4OS. The summed E-state index contributed by atoms with van der Waals surface area (Å²) in [5.41, 5.74) is 4.17. The van der Waals surface area contributed by atoms with Gasteiger partial charge in [0.2, 0.25) is 0 Å². The van der Waals surface area contributed by atoms with Gasteiger partial charge in [-0.25, -0.2) is 0 Å². The van der Waals surface area contributed by atoms with E-state index in [0.29, 0.717) is 10.9 Å². The van der Waals surface area contributed by atoms with Crippen molar-refractivity contribution in [1.29, 1.82) is 0 Å². The molecular weight excluding hydrogens is 344 g/mol. The van der Waals surface area contributed by atoms with E-state index in [1.165, 1.54) is 17.3 Å². The van der Waals surface area contributed by atoms with Crippen LogP contribution >= 0.6 is 11.8 Å². The third-order valence-corrected chi connectivity index (χ3v) is 5.35. The van der Waals surface area contributed by atoms with Gasteiger partial charge in [-0.1, -0.05) is 65.9 Å². The Hall–Kier alpha value is -2.73. The number of hydrazone groups is 1. The lowest BCUT2D eigenvalue weighted by atomic mass is 9.97. The Morgan fingerprint density at radius 2 is 2.00 bits per heavy atom. The van der Waals surface area contributed by atoms with Crippen LogP contribution in [0.3, 0.4) is 0 Å². The van der Waals surface area contributed by atoms with E-state index in [9.17, 15) is 4.79 Å². The molecule has 1 amide bonds. The second kappa shape index (κ2) is 6.88. The minimum absolute atomic E-state index is 0.0578. The summed E-state index contributed by atoms with van der Waals surface area (Å²) in [4.78, 5) is 12.9. The van der Waals surface area contributed by atoms with Crippen LogP contribution in [0, 0.1) is 6.92 Å². The number of nitrogens with one attached hydrogen (secondary N) is 2. The van der Waals surface area contributed by atoms with Gasteiger partial charge in [0.25, 0.3) is 5.91 Å². The third-order valence-electron chi connectivity index (χ3n) is 4.49. The Morgan fingerprint density at radius 1 is 1.23 bits per heavy atom. The van der Waals surface area contributed by atoms with Crippen molar-refractivity contribution in [1.82, 2.24) is 10.3 Å². The van der Waals surface area contributed by atoms with Crippen molar-refractivity contribution in [3.8, 4) is 0 Å². The van der Waals surface area contributed by atoms with Gasteiger partial charge in [0.15, 0.2) is 11.2 Å². The topological polar surface area (TPSA) is 56.7 Å². The quantitative estimate of drug-likeness (QED) is 0.814. The highest BCUT2D eigenvalue weighted by atomic mass is 32.2. The first-order chi connectivity index (χ1) is 12.7. The van der Waals surface area contributed by atoms with Crippen LogP contribution in [0.2, 0.25) is 0 Å². The first kappa shape index (κ1) is 16.7. The molecule has 132 valence electrons. The van der Waals surface area contributed by atoms with Gasteiger partial charge in [-0.05, 0) is 18.6 Å². The number of carbonyl (C=O) groups excluding carboxylic acids is 1. The summed E-state index contributed by atoms with van der Waals surface area (Å²) in [5, 5.41) is 13.7. The molecule has 0 bridgehead atoms. The maximum atomic E-state index is 12.9. The van der Waals surface area contributed by atoms with Crippen molar-refractivity contribution >= 4 is 28.5 Å². The molecule has 0 aliphatic carbocycles. The highest BCUT2D eigenvalue weighted by Gasteiger charge is 2.41. The molecule has 5 nitrogen and oxygen atoms in total. The van der Waals surface area contributed by atoms with E-state index >= 15 is 0 Å². The summed E-state index contributed by atoms with van der Waals surface area (Å²) in [7, 11) is 0. The number of nitrogens with zero attached hydrogens (tertiary/aromatic N) is 2. The number of carbonyl (C=O) groups is 1. The molecule has 0 unspecified atom stereocenters. The van der Waals surface area contributed by atoms with Crippen LogP contribution in [0.4, 0.5) is 5.69 Å². The average Bonchev–Trinajstić information content (AvgIpc) is 2.66. The first-order valence-corrected chi connectivity index (χ1v) is 9.49. The fourth-order valence-electron chi connectivity index (χ4n) is 3.24. The molecule has 2 aliphatic rings. The van der Waals surface area contributed by atoms with E-state index in [1.807, 2.05) is 29.3 Å². The smallest absolute Gasteiger partial charge is 0.255 e. The van der Waals surface area contributed by atoms with Crippen LogP contribution < -0.4 is 10.6 Å². The summed E-state index contributed by atoms with van der Waals surface area (Å²) < 4.78 is 0. The lowest BCUT2D eigenvalue weighted by molar-refractivity contribution is -0.127. The van der Waals surface area contributed by atoms with Crippen molar-refractivity contribution in [2.24, 2.45) is 5.10 Å². The van der Waals surface area contributed by atoms with Crippen LogP contribution in [0.15, 0.2) is 66.3 Å². The first-order valence-electron chi connectivity index (χ1n) is 8.51. The van der Waals surface area contributed by atoms with Crippen LogP contribution in [0.5, 0.6) is 0 Å². The van der Waals surface area contributed by atoms with Gasteiger partial charge < -0.3 is 10.6 Å². The number of thioether (sulfide) groups is 1. The third kappa shape index (κ3) is 2.97. The number of hydrogen-bond acceptors (Lipinski definition) is 5. The SMILES string of the molecule is C=CCSC1=NN2[C@H](c3ccc(C)cc3)Nc3ccccc3[C@@H]2C(=O)N1. The zero-order valence-corrected chi connectivity index (χ0v) is 15.3. The second-order valence-electron chi connectivity index (χ2n) is 6.32. The number of benzene rings is 2. The van der Waals surface area contributed by atoms with Crippen LogP contribution in [0.1, 0.15) is 28.9 Å². The Morgan fingerprint density at radius 3 is 2.77 bits per heavy atom. The number of amides is 1. The Labute approximate surface area is 157 Å². The molecule has 4 rings (SSSR count). The maximum Gasteiger partial charge on any atom is 0.255 e. The van der Waals surface area contributed by atoms with E-state index in [1.54, 1.807) is 6.08 Å². The second-order valence-corrected chi connectivity index (χ2v) is 7.33. The van der Waals surface area contributed by atoms with E-state index in [4.69, 9.17) is 5.10 Å². The number of hydrogen-bond donors (Lipinski definition) is 2. The van der Waals surface area contributed by atoms with Crippen molar-refractivity contribution in [2.75, 3.05) is 11.1 Å². The highest BCUT2D eigenvalue weighted by Crippen LogP contribution is 2.42. The van der Waals surface area contributed by atoms with Gasteiger partial charge in [-0.15, -0.1) is 11.7 Å². The molecule has 2 aliphatic heterocycles. The molecule has 2 aromatic carbocycles. The fourth-order valence-corrected chi connectivity index (χ4v) is 3.84. The van der Waals surface area contributed by atoms with Gasteiger partial charge in [0.1, 0.15) is 6.17 Å². The van der Waals surface area contributed by atoms with E-state index < -0.39 is 6.04 Å². The highest BCUT2D eigenvalue weighted by molar-refractivity contribution is 8.14. The predicted molar refractivity (Wildman–Crippen MR) is 107 cm³/mol. The molecule has 0 fully saturated rings. The van der Waals surface area contributed by atoms with Crippen LogP contribution in [-0.4, -0.2) is 21.8 Å². The number of aryl methyl sites for hydroxylation is 1. The van der Waals surface area contributed by atoms with Crippen molar-refractivity contribution in [3.05, 3.63) is 77.9 Å². The molecule has 2 atom stereocenters. The van der Waals surface area contributed by atoms with Gasteiger partial charge in [-0.2, -0.15) is 0 Å². The molecule has 0 aromatic heterocycles. The Bertz CT molecular complexity index is 878. The molecule has 0 saturated heterocycles. The minimum atomic E-state index is -0.452. The Kier molecular flexibility index (Phi) is 4.42. The zero-order chi connectivity index (χ0) is 18.1. The summed E-state index contributed by atoms with van der Waals surface area (Å²) in [6.45, 7) is 5.79. The van der Waals surface area contributed by atoms with Gasteiger partial charge in [0.05, 0.1) is 0 Å². The summed E-state index contributed by atoms with van der Waals surface area (Å²) in [6, 6.07) is 15.8. The summed E-state index contributed by atoms with van der Waals surface area (Å²) in [5.74, 6) is 0.634. The van der Waals surface area contributed by atoms with Crippen molar-refractivity contribution < 1.29 is 4.79 Å². The number of amidine groups is 1. The monoisotopic (exact) mass is 364 g/mol. The van der Waals surface area contributed by atoms with Crippen molar-refractivity contribution in [3.63, 3.8) is 0 Å². The molecule has 2 aromatic rings. The zero-order valence-electron chi connectivity index (χ0n) is 14.5.